The Balaban J connectivity index is 2.12. The summed E-state index contributed by atoms with van der Waals surface area (Å²) in [4.78, 5) is 12.3. The molecule has 5 nitrogen and oxygen atoms in total. The number of carbonyl (C=O) groups excluding carboxylic acids is 1. The molecule has 0 amide bonds. The molecule has 116 valence electrons. The molecular weight excluding hydrogens is 284 g/mol. The Morgan fingerprint density at radius 1 is 0.864 bits per heavy atom. The highest BCUT2D eigenvalue weighted by Crippen LogP contribution is 2.27. The highest BCUT2D eigenvalue weighted by atomic mass is 16.5. The van der Waals surface area contributed by atoms with E-state index in [1.807, 2.05) is 12.1 Å². The molecule has 0 radical (unpaired) electrons. The Hall–Kier alpha value is -2.69. The zero-order chi connectivity index (χ0) is 15.9. The smallest absolute Gasteiger partial charge is 0.200 e. The van der Waals surface area contributed by atoms with E-state index in [4.69, 9.17) is 18.9 Å². The second kappa shape index (κ2) is 7.36. The Kier molecular flexibility index (Phi) is 5.25. The highest BCUT2D eigenvalue weighted by Gasteiger charge is 2.12. The average Bonchev–Trinajstić information content (AvgIpc) is 2.59. The number of carbonyl (C=O) groups is 1. The standard InChI is InChI=1S/C17H18O5/c1-19-13-8-12(9-14(10-13)20-2)15(18)11-22-17-7-5-4-6-16(17)21-3/h4-10H,11H2,1-3H3. The SMILES string of the molecule is COc1cc(OC)cc(C(=O)COc2ccccc2OC)c1. The first-order chi connectivity index (χ1) is 10.7. The number of rotatable bonds is 7. The molecule has 0 atom stereocenters. The molecule has 0 unspecified atom stereocenters. The number of ether oxygens (including phenoxy) is 4. The Bertz CT molecular complexity index is 629. The third-order valence-corrected chi connectivity index (χ3v) is 3.10. The number of methoxy groups -OCH3 is 3. The van der Waals surface area contributed by atoms with Gasteiger partial charge in [-0.2, -0.15) is 0 Å². The molecule has 0 aliphatic heterocycles. The van der Waals surface area contributed by atoms with E-state index in [0.29, 0.717) is 28.6 Å². The predicted molar refractivity (Wildman–Crippen MR) is 82.4 cm³/mol. The van der Waals surface area contributed by atoms with Gasteiger partial charge in [0.2, 0.25) is 0 Å². The molecule has 2 aromatic carbocycles. The van der Waals surface area contributed by atoms with Gasteiger partial charge in [0.1, 0.15) is 11.5 Å². The number of hydrogen-bond donors (Lipinski definition) is 0. The van der Waals surface area contributed by atoms with Crippen molar-refractivity contribution in [2.45, 2.75) is 0 Å². The largest absolute Gasteiger partial charge is 0.497 e. The van der Waals surface area contributed by atoms with Crippen molar-refractivity contribution < 1.29 is 23.7 Å². The molecule has 2 rings (SSSR count). The van der Waals surface area contributed by atoms with Crippen LogP contribution in [-0.2, 0) is 0 Å². The van der Waals surface area contributed by atoms with E-state index in [-0.39, 0.29) is 12.4 Å². The fourth-order valence-corrected chi connectivity index (χ4v) is 1.93. The molecule has 0 aliphatic rings. The Labute approximate surface area is 129 Å². The van der Waals surface area contributed by atoms with E-state index in [2.05, 4.69) is 0 Å². The lowest BCUT2D eigenvalue weighted by Crippen LogP contribution is -2.12. The van der Waals surface area contributed by atoms with Crippen LogP contribution in [0.1, 0.15) is 10.4 Å². The summed E-state index contributed by atoms with van der Waals surface area (Å²) in [5.74, 6) is 2.04. The van der Waals surface area contributed by atoms with E-state index >= 15 is 0 Å². The van der Waals surface area contributed by atoms with Crippen LogP contribution in [0.4, 0.5) is 0 Å². The number of Topliss-reactive ketones (excluding diaryl/α,β-unsaturated/α-hetero) is 1. The first-order valence-corrected chi connectivity index (χ1v) is 6.70. The van der Waals surface area contributed by atoms with Crippen LogP contribution in [-0.4, -0.2) is 33.7 Å². The number of benzene rings is 2. The van der Waals surface area contributed by atoms with E-state index in [1.165, 1.54) is 14.2 Å². The van der Waals surface area contributed by atoms with Crippen molar-refractivity contribution >= 4 is 5.78 Å². The first-order valence-electron chi connectivity index (χ1n) is 6.70. The summed E-state index contributed by atoms with van der Waals surface area (Å²) in [6.45, 7) is -0.101. The summed E-state index contributed by atoms with van der Waals surface area (Å²) in [5.41, 5.74) is 0.464. The van der Waals surface area contributed by atoms with Gasteiger partial charge >= 0.3 is 0 Å². The maximum absolute atomic E-state index is 12.3. The van der Waals surface area contributed by atoms with Gasteiger partial charge in [-0.25, -0.2) is 0 Å². The number of hydrogen-bond acceptors (Lipinski definition) is 5. The van der Waals surface area contributed by atoms with Gasteiger partial charge in [0, 0.05) is 11.6 Å². The molecule has 2 aromatic rings. The van der Waals surface area contributed by atoms with Crippen molar-refractivity contribution in [1.82, 2.24) is 0 Å². The highest BCUT2D eigenvalue weighted by molar-refractivity contribution is 5.98. The van der Waals surface area contributed by atoms with Crippen molar-refractivity contribution in [3.05, 3.63) is 48.0 Å². The van der Waals surface area contributed by atoms with E-state index < -0.39 is 0 Å². The summed E-state index contributed by atoms with van der Waals surface area (Å²) in [6.07, 6.45) is 0. The topological polar surface area (TPSA) is 54.0 Å². The van der Waals surface area contributed by atoms with Crippen LogP contribution in [0.15, 0.2) is 42.5 Å². The molecule has 0 heterocycles. The lowest BCUT2D eigenvalue weighted by Gasteiger charge is -2.11. The molecule has 0 aromatic heterocycles. The van der Waals surface area contributed by atoms with Gasteiger partial charge in [-0.1, -0.05) is 12.1 Å². The normalized spacial score (nSPS) is 9.95. The number of para-hydroxylation sites is 2. The zero-order valence-corrected chi connectivity index (χ0v) is 12.8. The van der Waals surface area contributed by atoms with Gasteiger partial charge < -0.3 is 18.9 Å². The van der Waals surface area contributed by atoms with E-state index in [9.17, 15) is 4.79 Å². The molecular formula is C17H18O5. The van der Waals surface area contributed by atoms with Crippen LogP contribution < -0.4 is 18.9 Å². The van der Waals surface area contributed by atoms with Crippen molar-refractivity contribution in [2.75, 3.05) is 27.9 Å². The molecule has 5 heteroatoms. The van der Waals surface area contributed by atoms with Gasteiger partial charge in [0.15, 0.2) is 23.9 Å². The summed E-state index contributed by atoms with van der Waals surface area (Å²) in [7, 11) is 4.62. The monoisotopic (exact) mass is 302 g/mol. The Morgan fingerprint density at radius 2 is 1.45 bits per heavy atom. The second-order valence-corrected chi connectivity index (χ2v) is 4.46. The van der Waals surface area contributed by atoms with Crippen LogP contribution >= 0.6 is 0 Å². The second-order valence-electron chi connectivity index (χ2n) is 4.46. The van der Waals surface area contributed by atoms with Crippen LogP contribution in [0.25, 0.3) is 0 Å². The molecule has 0 fully saturated rings. The van der Waals surface area contributed by atoms with Crippen molar-refractivity contribution in [2.24, 2.45) is 0 Å². The van der Waals surface area contributed by atoms with Gasteiger partial charge in [0.05, 0.1) is 21.3 Å². The van der Waals surface area contributed by atoms with E-state index in [0.717, 1.165) is 0 Å². The third-order valence-electron chi connectivity index (χ3n) is 3.10. The fourth-order valence-electron chi connectivity index (χ4n) is 1.93. The van der Waals surface area contributed by atoms with Crippen LogP contribution in [0.3, 0.4) is 0 Å². The summed E-state index contributed by atoms with van der Waals surface area (Å²) in [5, 5.41) is 0. The summed E-state index contributed by atoms with van der Waals surface area (Å²) < 4.78 is 21.0. The van der Waals surface area contributed by atoms with Gasteiger partial charge in [-0.15, -0.1) is 0 Å². The molecule has 0 aliphatic carbocycles. The van der Waals surface area contributed by atoms with Crippen LogP contribution in [0, 0.1) is 0 Å². The quantitative estimate of drug-likeness (QED) is 0.736. The van der Waals surface area contributed by atoms with Gasteiger partial charge in [-0.05, 0) is 24.3 Å². The minimum Gasteiger partial charge on any atom is -0.497 e. The first kappa shape index (κ1) is 15.7. The fraction of sp³-hybridized carbons (Fsp3) is 0.235. The van der Waals surface area contributed by atoms with Gasteiger partial charge in [0.25, 0.3) is 0 Å². The lowest BCUT2D eigenvalue weighted by atomic mass is 10.1. The van der Waals surface area contributed by atoms with Crippen molar-refractivity contribution in [1.29, 1.82) is 0 Å². The third kappa shape index (κ3) is 3.69. The average molecular weight is 302 g/mol. The summed E-state index contributed by atoms with van der Waals surface area (Å²) in [6, 6.07) is 12.2. The number of ketones is 1. The Morgan fingerprint density at radius 3 is 2.00 bits per heavy atom. The maximum atomic E-state index is 12.3. The lowest BCUT2D eigenvalue weighted by molar-refractivity contribution is 0.0919. The van der Waals surface area contributed by atoms with Crippen molar-refractivity contribution in [3.8, 4) is 23.0 Å². The predicted octanol–water partition coefficient (Wildman–Crippen LogP) is 2.97. The van der Waals surface area contributed by atoms with Crippen LogP contribution in [0.2, 0.25) is 0 Å². The van der Waals surface area contributed by atoms with Crippen molar-refractivity contribution in [3.63, 3.8) is 0 Å². The maximum Gasteiger partial charge on any atom is 0.200 e. The minimum absolute atomic E-state index is 0.101. The molecule has 22 heavy (non-hydrogen) atoms. The van der Waals surface area contributed by atoms with Crippen LogP contribution in [0.5, 0.6) is 23.0 Å². The summed E-state index contributed by atoms with van der Waals surface area (Å²) >= 11 is 0. The molecule has 0 spiro atoms. The van der Waals surface area contributed by atoms with Gasteiger partial charge in [-0.3, -0.25) is 4.79 Å². The molecule has 0 N–H and O–H groups in total. The minimum atomic E-state index is -0.178. The molecule has 0 bridgehead atoms. The zero-order valence-electron chi connectivity index (χ0n) is 12.8. The molecule has 0 saturated heterocycles. The molecule has 0 saturated carbocycles. The van der Waals surface area contributed by atoms with E-state index in [1.54, 1.807) is 37.4 Å².